The maximum Gasteiger partial charge on any atom is 0.262 e. The van der Waals surface area contributed by atoms with Crippen molar-refractivity contribution in [2.45, 2.75) is 6.54 Å². The maximum atomic E-state index is 12.0. The number of amides is 2. The fraction of sp³-hybridized carbons (Fsp3) is 0.0526. The average Bonchev–Trinajstić information content (AvgIpc) is 3.02. The number of hydrogen-bond acceptors (Lipinski definition) is 2. The number of para-hydroxylation sites is 1. The highest BCUT2D eigenvalue weighted by atomic mass is 16.2. The van der Waals surface area contributed by atoms with Crippen LogP contribution in [0.3, 0.4) is 0 Å². The van der Waals surface area contributed by atoms with Gasteiger partial charge in [-0.25, -0.2) is 0 Å². The molecule has 3 rings (SSSR count). The Labute approximate surface area is 139 Å². The van der Waals surface area contributed by atoms with Crippen molar-refractivity contribution in [2.75, 3.05) is 0 Å². The standard InChI is InChI=1S/C19H17N3O2/c23-18(11-10-15-6-2-1-3-7-15)20-21-19(24)14-22-13-12-16-8-4-5-9-17(16)22/h1-13H,14H2,(H,20,23)(H,21,24)/b11-10+. The Hall–Kier alpha value is -3.34. The summed E-state index contributed by atoms with van der Waals surface area (Å²) in [5.74, 6) is -0.678. The molecule has 0 radical (unpaired) electrons. The van der Waals surface area contributed by atoms with E-state index in [2.05, 4.69) is 10.9 Å². The number of fused-ring (bicyclic) bond motifs is 1. The molecule has 2 N–H and O–H groups in total. The second-order valence-corrected chi connectivity index (χ2v) is 5.28. The molecule has 0 spiro atoms. The Bertz CT molecular complexity index is 882. The molecule has 2 aromatic carbocycles. The van der Waals surface area contributed by atoms with Crippen molar-refractivity contribution in [3.05, 3.63) is 78.5 Å². The van der Waals surface area contributed by atoms with Gasteiger partial charge in [-0.2, -0.15) is 0 Å². The van der Waals surface area contributed by atoms with Gasteiger partial charge in [0.25, 0.3) is 11.8 Å². The number of nitrogens with one attached hydrogen (secondary N) is 2. The van der Waals surface area contributed by atoms with E-state index in [0.717, 1.165) is 16.5 Å². The number of rotatable bonds is 4. The van der Waals surface area contributed by atoms with Crippen LogP contribution in [0.25, 0.3) is 17.0 Å². The highest BCUT2D eigenvalue weighted by molar-refractivity contribution is 5.93. The zero-order valence-corrected chi connectivity index (χ0v) is 13.0. The second-order valence-electron chi connectivity index (χ2n) is 5.28. The first-order chi connectivity index (χ1) is 11.7. The summed E-state index contributed by atoms with van der Waals surface area (Å²) in [5, 5.41) is 1.07. The SMILES string of the molecule is O=C(/C=C/c1ccccc1)NNC(=O)Cn1ccc2ccccc21. The molecule has 0 fully saturated rings. The van der Waals surface area contributed by atoms with Gasteiger partial charge in [-0.3, -0.25) is 20.4 Å². The van der Waals surface area contributed by atoms with Crippen molar-refractivity contribution in [3.63, 3.8) is 0 Å². The van der Waals surface area contributed by atoms with Crippen molar-refractivity contribution in [2.24, 2.45) is 0 Å². The molecule has 1 heterocycles. The van der Waals surface area contributed by atoms with E-state index in [4.69, 9.17) is 0 Å². The lowest BCUT2D eigenvalue weighted by molar-refractivity contribution is -0.127. The zero-order chi connectivity index (χ0) is 16.8. The molecule has 0 saturated carbocycles. The summed E-state index contributed by atoms with van der Waals surface area (Å²) < 4.78 is 1.83. The number of hydrogen-bond donors (Lipinski definition) is 2. The van der Waals surface area contributed by atoms with E-state index >= 15 is 0 Å². The molecule has 120 valence electrons. The molecular formula is C19H17N3O2. The van der Waals surface area contributed by atoms with E-state index in [1.807, 2.05) is 71.4 Å². The Morgan fingerprint density at radius 2 is 1.67 bits per heavy atom. The molecule has 0 bridgehead atoms. The molecule has 24 heavy (non-hydrogen) atoms. The first-order valence-corrected chi connectivity index (χ1v) is 7.58. The van der Waals surface area contributed by atoms with Gasteiger partial charge in [0.15, 0.2) is 0 Å². The minimum Gasteiger partial charge on any atom is -0.338 e. The Morgan fingerprint density at radius 1 is 0.917 bits per heavy atom. The molecule has 0 aliphatic rings. The first kappa shape index (κ1) is 15.6. The Kier molecular flexibility index (Phi) is 4.72. The number of benzene rings is 2. The molecule has 0 unspecified atom stereocenters. The van der Waals surface area contributed by atoms with Gasteiger partial charge in [0.2, 0.25) is 0 Å². The third-order valence-corrected chi connectivity index (χ3v) is 3.55. The summed E-state index contributed by atoms with van der Waals surface area (Å²) in [7, 11) is 0. The highest BCUT2D eigenvalue weighted by Gasteiger charge is 2.06. The van der Waals surface area contributed by atoms with Gasteiger partial charge < -0.3 is 4.57 Å². The lowest BCUT2D eigenvalue weighted by Gasteiger charge is -2.07. The normalized spacial score (nSPS) is 10.8. The van der Waals surface area contributed by atoms with Crippen LogP contribution in [0, 0.1) is 0 Å². The zero-order valence-electron chi connectivity index (χ0n) is 13.0. The van der Waals surface area contributed by atoms with Crippen LogP contribution < -0.4 is 10.9 Å². The monoisotopic (exact) mass is 319 g/mol. The summed E-state index contributed by atoms with van der Waals surface area (Å²) in [6.45, 7) is 0.135. The van der Waals surface area contributed by atoms with E-state index < -0.39 is 0 Å². The van der Waals surface area contributed by atoms with Crippen molar-refractivity contribution in [3.8, 4) is 0 Å². The van der Waals surface area contributed by atoms with Crippen LogP contribution in [0.4, 0.5) is 0 Å². The van der Waals surface area contributed by atoms with Gasteiger partial charge in [-0.15, -0.1) is 0 Å². The van der Waals surface area contributed by atoms with E-state index in [0.29, 0.717) is 0 Å². The molecule has 2 amide bonds. The van der Waals surface area contributed by atoms with Gasteiger partial charge in [-0.05, 0) is 29.2 Å². The number of nitrogens with zero attached hydrogens (tertiary/aromatic N) is 1. The summed E-state index contributed by atoms with van der Waals surface area (Å²) in [5.41, 5.74) is 6.68. The molecule has 1 aromatic heterocycles. The van der Waals surface area contributed by atoms with Gasteiger partial charge >= 0.3 is 0 Å². The van der Waals surface area contributed by atoms with Crippen LogP contribution in [0.1, 0.15) is 5.56 Å². The van der Waals surface area contributed by atoms with Crippen molar-refractivity contribution in [1.82, 2.24) is 15.4 Å². The summed E-state index contributed by atoms with van der Waals surface area (Å²) in [6, 6.07) is 19.2. The van der Waals surface area contributed by atoms with Gasteiger partial charge in [-0.1, -0.05) is 48.5 Å². The maximum absolute atomic E-state index is 12.0. The summed E-state index contributed by atoms with van der Waals surface area (Å²) in [4.78, 5) is 23.7. The van der Waals surface area contributed by atoms with Crippen LogP contribution in [0.2, 0.25) is 0 Å². The van der Waals surface area contributed by atoms with Crippen molar-refractivity contribution in [1.29, 1.82) is 0 Å². The van der Waals surface area contributed by atoms with Crippen LogP contribution in [0.5, 0.6) is 0 Å². The number of carbonyl (C=O) groups excluding carboxylic acids is 2. The Morgan fingerprint density at radius 3 is 2.50 bits per heavy atom. The third kappa shape index (κ3) is 3.89. The van der Waals surface area contributed by atoms with E-state index in [-0.39, 0.29) is 18.4 Å². The largest absolute Gasteiger partial charge is 0.338 e. The smallest absolute Gasteiger partial charge is 0.262 e. The molecule has 0 aliphatic heterocycles. The molecule has 3 aromatic rings. The van der Waals surface area contributed by atoms with Crippen LogP contribution in [-0.2, 0) is 16.1 Å². The predicted molar refractivity (Wildman–Crippen MR) is 93.7 cm³/mol. The quantitative estimate of drug-likeness (QED) is 0.573. The number of hydrazine groups is 1. The number of aromatic nitrogens is 1. The van der Waals surface area contributed by atoms with Crippen LogP contribution in [0.15, 0.2) is 72.9 Å². The minimum absolute atomic E-state index is 0.135. The third-order valence-electron chi connectivity index (χ3n) is 3.55. The van der Waals surface area contributed by atoms with Crippen molar-refractivity contribution < 1.29 is 9.59 Å². The number of carbonyl (C=O) groups is 2. The molecule has 5 nitrogen and oxygen atoms in total. The average molecular weight is 319 g/mol. The van der Waals surface area contributed by atoms with Crippen LogP contribution in [-0.4, -0.2) is 16.4 Å². The van der Waals surface area contributed by atoms with Crippen molar-refractivity contribution >= 4 is 28.8 Å². The molecule has 0 atom stereocenters. The van der Waals surface area contributed by atoms with E-state index in [9.17, 15) is 9.59 Å². The highest BCUT2D eigenvalue weighted by Crippen LogP contribution is 2.14. The lowest BCUT2D eigenvalue weighted by atomic mass is 10.2. The predicted octanol–water partition coefficient (Wildman–Crippen LogP) is 2.50. The molecular weight excluding hydrogens is 302 g/mol. The minimum atomic E-state index is -0.385. The summed E-state index contributed by atoms with van der Waals surface area (Å²) in [6.07, 6.45) is 4.91. The topological polar surface area (TPSA) is 63.1 Å². The molecule has 5 heteroatoms. The lowest BCUT2D eigenvalue weighted by Crippen LogP contribution is -2.42. The van der Waals surface area contributed by atoms with Gasteiger partial charge in [0.05, 0.1) is 0 Å². The van der Waals surface area contributed by atoms with Crippen LogP contribution >= 0.6 is 0 Å². The first-order valence-electron chi connectivity index (χ1n) is 7.58. The van der Waals surface area contributed by atoms with Gasteiger partial charge in [0.1, 0.15) is 6.54 Å². The van der Waals surface area contributed by atoms with E-state index in [1.54, 1.807) is 6.08 Å². The van der Waals surface area contributed by atoms with E-state index in [1.165, 1.54) is 6.08 Å². The molecule has 0 aliphatic carbocycles. The Balaban J connectivity index is 1.52. The molecule has 0 saturated heterocycles. The second kappa shape index (κ2) is 7.28. The fourth-order valence-corrected chi connectivity index (χ4v) is 2.38. The summed E-state index contributed by atoms with van der Waals surface area (Å²) >= 11 is 0. The fourth-order valence-electron chi connectivity index (χ4n) is 2.38. The van der Waals surface area contributed by atoms with Gasteiger partial charge in [0, 0.05) is 17.8 Å².